The second-order valence-corrected chi connectivity index (χ2v) is 4.72. The van der Waals surface area contributed by atoms with Gasteiger partial charge in [0.15, 0.2) is 0 Å². The summed E-state index contributed by atoms with van der Waals surface area (Å²) in [5.41, 5.74) is 6.95. The van der Waals surface area contributed by atoms with Gasteiger partial charge in [-0.2, -0.15) is 0 Å². The Hall–Kier alpha value is -0.870. The van der Waals surface area contributed by atoms with Gasteiger partial charge in [-0.15, -0.1) is 11.3 Å². The van der Waals surface area contributed by atoms with E-state index in [1.54, 1.807) is 11.3 Å². The highest BCUT2D eigenvalue weighted by molar-refractivity contribution is 7.12. The van der Waals surface area contributed by atoms with Gasteiger partial charge in [0.25, 0.3) is 0 Å². The van der Waals surface area contributed by atoms with E-state index in [0.29, 0.717) is 0 Å². The fraction of sp³-hybridized carbons (Fsp3) is 0.500. The Kier molecular flexibility index (Phi) is 3.66. The average Bonchev–Trinajstić information content (AvgIpc) is 2.45. The van der Waals surface area contributed by atoms with E-state index in [1.165, 1.54) is 16.9 Å². The number of hydrogen-bond donors (Lipinski definition) is 1. The predicted molar refractivity (Wildman–Crippen MR) is 57.4 cm³/mol. The van der Waals surface area contributed by atoms with Gasteiger partial charge in [-0.1, -0.05) is 0 Å². The van der Waals surface area contributed by atoms with Crippen LogP contribution in [0.1, 0.15) is 27.8 Å². The van der Waals surface area contributed by atoms with E-state index >= 15 is 0 Å². The summed E-state index contributed by atoms with van der Waals surface area (Å²) in [6, 6.07) is 1.79. The maximum absolute atomic E-state index is 11.0. The normalized spacial score (nSPS) is 12.6. The van der Waals surface area contributed by atoms with Crippen molar-refractivity contribution in [3.63, 3.8) is 0 Å². The van der Waals surface area contributed by atoms with Crippen LogP contribution < -0.4 is 5.73 Å². The van der Waals surface area contributed by atoms with Gasteiger partial charge in [-0.05, 0) is 25.5 Å². The highest BCUT2D eigenvalue weighted by atomic mass is 32.1. The maximum atomic E-state index is 11.0. The van der Waals surface area contributed by atoms with Crippen LogP contribution in [0.2, 0.25) is 0 Å². The molecule has 0 aromatic carbocycles. The molecule has 0 aliphatic heterocycles. The van der Waals surface area contributed by atoms with E-state index in [0.717, 1.165) is 5.56 Å². The number of thiophene rings is 1. The number of carbonyl (C=O) groups excluding carboxylic acids is 1. The minimum Gasteiger partial charge on any atom is -0.469 e. The van der Waals surface area contributed by atoms with E-state index in [1.807, 2.05) is 19.9 Å². The lowest BCUT2D eigenvalue weighted by Gasteiger charge is -2.09. The molecule has 1 aromatic rings. The molecule has 1 aromatic heterocycles. The third-order valence-corrected chi connectivity index (χ3v) is 3.07. The molecule has 0 radical (unpaired) electrons. The van der Waals surface area contributed by atoms with Gasteiger partial charge in [0.05, 0.1) is 13.5 Å². The summed E-state index contributed by atoms with van der Waals surface area (Å²) in [7, 11) is 1.38. The van der Waals surface area contributed by atoms with Crippen LogP contribution in [-0.4, -0.2) is 13.1 Å². The highest BCUT2D eigenvalue weighted by Gasteiger charge is 2.15. The molecule has 2 N–H and O–H groups in total. The molecule has 0 spiro atoms. The number of rotatable bonds is 3. The zero-order chi connectivity index (χ0) is 10.7. The largest absolute Gasteiger partial charge is 0.469 e. The predicted octanol–water partition coefficient (Wildman–Crippen LogP) is 1.93. The molecule has 0 saturated heterocycles. The highest BCUT2D eigenvalue weighted by Crippen LogP contribution is 2.26. The quantitative estimate of drug-likeness (QED) is 0.780. The van der Waals surface area contributed by atoms with Gasteiger partial charge in [0.1, 0.15) is 0 Å². The van der Waals surface area contributed by atoms with E-state index in [9.17, 15) is 4.79 Å². The van der Waals surface area contributed by atoms with Crippen molar-refractivity contribution in [3.8, 4) is 0 Å². The van der Waals surface area contributed by atoms with E-state index in [4.69, 9.17) is 5.73 Å². The summed E-state index contributed by atoms with van der Waals surface area (Å²) in [4.78, 5) is 13.4. The summed E-state index contributed by atoms with van der Waals surface area (Å²) in [5.74, 6) is -0.263. The number of ether oxygens (including phenoxy) is 1. The molecule has 1 heterocycles. The van der Waals surface area contributed by atoms with Crippen molar-refractivity contribution in [1.82, 2.24) is 0 Å². The lowest BCUT2D eigenvalue weighted by atomic mass is 10.1. The number of nitrogens with two attached hydrogens (primary N) is 1. The lowest BCUT2D eigenvalue weighted by molar-refractivity contribution is -0.141. The number of hydrogen-bond acceptors (Lipinski definition) is 4. The standard InChI is InChI=1S/C10H15NO2S/c1-6-4-8(7(2)14-6)9(11)5-10(12)13-3/h4,9H,5,11H2,1-3H3/t9-/m0/s1. The fourth-order valence-electron chi connectivity index (χ4n) is 1.39. The first-order valence-corrected chi connectivity index (χ1v) is 5.25. The SMILES string of the molecule is COC(=O)C[C@H](N)c1cc(C)sc1C. The van der Waals surface area contributed by atoms with Crippen LogP contribution in [0.15, 0.2) is 6.07 Å². The first-order valence-electron chi connectivity index (χ1n) is 4.44. The molecular formula is C10H15NO2S. The molecule has 1 rings (SSSR count). The van der Waals surface area contributed by atoms with Crippen LogP contribution in [0.4, 0.5) is 0 Å². The maximum Gasteiger partial charge on any atom is 0.307 e. The molecule has 14 heavy (non-hydrogen) atoms. The van der Waals surface area contributed by atoms with Crippen LogP contribution >= 0.6 is 11.3 Å². The smallest absolute Gasteiger partial charge is 0.307 e. The molecule has 0 aliphatic carbocycles. The molecule has 4 heteroatoms. The van der Waals surface area contributed by atoms with Crippen LogP contribution in [0, 0.1) is 13.8 Å². The molecule has 0 unspecified atom stereocenters. The average molecular weight is 213 g/mol. The Morgan fingerprint density at radius 2 is 2.29 bits per heavy atom. The van der Waals surface area contributed by atoms with Gasteiger partial charge >= 0.3 is 5.97 Å². The van der Waals surface area contributed by atoms with E-state index in [-0.39, 0.29) is 18.4 Å². The second-order valence-electron chi connectivity index (χ2n) is 3.26. The van der Waals surface area contributed by atoms with Gasteiger partial charge in [0, 0.05) is 15.8 Å². The minimum absolute atomic E-state index is 0.243. The van der Waals surface area contributed by atoms with Crippen LogP contribution in [-0.2, 0) is 9.53 Å². The van der Waals surface area contributed by atoms with Crippen LogP contribution in [0.3, 0.4) is 0 Å². The van der Waals surface area contributed by atoms with Gasteiger partial charge in [-0.3, -0.25) is 4.79 Å². The summed E-state index contributed by atoms with van der Waals surface area (Å²) < 4.78 is 4.57. The van der Waals surface area contributed by atoms with Crippen molar-refractivity contribution in [3.05, 3.63) is 21.4 Å². The zero-order valence-electron chi connectivity index (χ0n) is 8.66. The molecule has 78 valence electrons. The van der Waals surface area contributed by atoms with E-state index in [2.05, 4.69) is 4.74 Å². The summed E-state index contributed by atoms with van der Waals surface area (Å²) in [6.07, 6.45) is 0.244. The zero-order valence-corrected chi connectivity index (χ0v) is 9.48. The number of methoxy groups -OCH3 is 1. The van der Waals surface area contributed by atoms with Crippen LogP contribution in [0.5, 0.6) is 0 Å². The fourth-order valence-corrected chi connectivity index (χ4v) is 2.39. The van der Waals surface area contributed by atoms with Gasteiger partial charge in [0.2, 0.25) is 0 Å². The molecule has 0 saturated carbocycles. The van der Waals surface area contributed by atoms with Crippen molar-refractivity contribution < 1.29 is 9.53 Å². The Labute approximate surface area is 87.9 Å². The molecular weight excluding hydrogens is 198 g/mol. The molecule has 0 fully saturated rings. The third-order valence-electron chi connectivity index (χ3n) is 2.09. The number of carbonyl (C=O) groups is 1. The Morgan fingerprint density at radius 3 is 2.71 bits per heavy atom. The lowest BCUT2D eigenvalue weighted by Crippen LogP contribution is -2.16. The first-order chi connectivity index (χ1) is 6.54. The topological polar surface area (TPSA) is 52.3 Å². The minimum atomic E-state index is -0.263. The Balaban J connectivity index is 2.73. The monoisotopic (exact) mass is 213 g/mol. The van der Waals surface area contributed by atoms with Crippen LogP contribution in [0.25, 0.3) is 0 Å². The molecule has 0 aliphatic rings. The first kappa shape index (κ1) is 11.2. The van der Waals surface area contributed by atoms with Crippen molar-refractivity contribution in [2.45, 2.75) is 26.3 Å². The third kappa shape index (κ3) is 2.56. The molecule has 1 atom stereocenters. The molecule has 3 nitrogen and oxygen atoms in total. The number of aryl methyl sites for hydroxylation is 2. The summed E-state index contributed by atoms with van der Waals surface area (Å²) in [6.45, 7) is 4.05. The second kappa shape index (κ2) is 4.57. The molecule has 0 bridgehead atoms. The van der Waals surface area contributed by atoms with Crippen molar-refractivity contribution in [2.24, 2.45) is 5.73 Å². The van der Waals surface area contributed by atoms with Gasteiger partial charge < -0.3 is 10.5 Å². The summed E-state index contributed by atoms with van der Waals surface area (Å²) in [5, 5.41) is 0. The summed E-state index contributed by atoms with van der Waals surface area (Å²) >= 11 is 1.70. The van der Waals surface area contributed by atoms with Crippen molar-refractivity contribution in [2.75, 3.05) is 7.11 Å². The Bertz CT molecular complexity index is 333. The number of esters is 1. The Morgan fingerprint density at radius 1 is 1.64 bits per heavy atom. The van der Waals surface area contributed by atoms with E-state index < -0.39 is 0 Å². The van der Waals surface area contributed by atoms with Crippen molar-refractivity contribution in [1.29, 1.82) is 0 Å². The molecule has 0 amide bonds. The van der Waals surface area contributed by atoms with Crippen molar-refractivity contribution >= 4 is 17.3 Å². The van der Waals surface area contributed by atoms with Gasteiger partial charge in [-0.25, -0.2) is 0 Å².